The number of nitrogens with two attached hydrogens (primary N) is 1. The molecule has 4 unspecified atom stereocenters. The summed E-state index contributed by atoms with van der Waals surface area (Å²) in [6.07, 6.45) is -0.289. The van der Waals surface area contributed by atoms with Crippen molar-refractivity contribution in [1.29, 1.82) is 0 Å². The Morgan fingerprint density at radius 3 is 2.58 bits per heavy atom. The number of rotatable bonds is 8. The molecule has 1 aliphatic heterocycles. The highest BCUT2D eigenvalue weighted by molar-refractivity contribution is 5.89. The first-order chi connectivity index (χ1) is 17.1. The molecule has 2 aromatic heterocycles. The average molecular weight is 499 g/mol. The van der Waals surface area contributed by atoms with Gasteiger partial charge in [0.15, 0.2) is 17.7 Å². The van der Waals surface area contributed by atoms with Gasteiger partial charge in [-0.1, -0.05) is 32.9 Å². The van der Waals surface area contributed by atoms with E-state index in [1.54, 1.807) is 4.57 Å². The van der Waals surface area contributed by atoms with Crippen LogP contribution >= 0.6 is 0 Å². The number of hydrogen-bond donors (Lipinski definition) is 6. The molecule has 1 aromatic carbocycles. The normalized spacial score (nSPS) is 22.1. The van der Waals surface area contributed by atoms with Crippen LogP contribution in [-0.2, 0) is 10.2 Å². The van der Waals surface area contributed by atoms with Crippen molar-refractivity contribution >= 4 is 28.7 Å². The van der Waals surface area contributed by atoms with Gasteiger partial charge in [-0.25, -0.2) is 19.7 Å². The Morgan fingerprint density at radius 2 is 1.86 bits per heavy atom. The summed E-state index contributed by atoms with van der Waals surface area (Å²) in [4.78, 5) is 24.4. The molecule has 1 saturated heterocycles. The number of amides is 2. The Bertz CT molecular complexity index is 1180. The zero-order chi connectivity index (χ0) is 25.9. The molecule has 194 valence electrons. The Labute approximate surface area is 209 Å². The number of aliphatic hydroxyl groups is 2. The largest absolute Gasteiger partial charge is 0.387 e. The van der Waals surface area contributed by atoms with Crippen molar-refractivity contribution in [2.45, 2.75) is 57.1 Å². The first-order valence-electron chi connectivity index (χ1n) is 12.0. The predicted molar refractivity (Wildman–Crippen MR) is 135 cm³/mol. The van der Waals surface area contributed by atoms with Crippen LogP contribution in [0.4, 0.5) is 16.3 Å². The number of nitrogen functional groups attached to an aromatic ring is 1. The molecule has 0 bridgehead atoms. The number of aromatic nitrogens is 4. The quantitative estimate of drug-likeness (QED) is 0.249. The van der Waals surface area contributed by atoms with Gasteiger partial charge in [0.25, 0.3) is 0 Å². The highest BCUT2D eigenvalue weighted by Gasteiger charge is 2.44. The average Bonchev–Trinajstić information content (AvgIpc) is 3.38. The van der Waals surface area contributed by atoms with Crippen LogP contribution in [-0.4, -0.2) is 73.7 Å². The Kier molecular flexibility index (Phi) is 7.69. The van der Waals surface area contributed by atoms with E-state index in [-0.39, 0.29) is 17.3 Å². The van der Waals surface area contributed by atoms with Crippen LogP contribution in [0.3, 0.4) is 0 Å². The zero-order valence-electron chi connectivity index (χ0n) is 20.7. The molecule has 4 atom stereocenters. The lowest BCUT2D eigenvalue weighted by Gasteiger charge is -2.19. The van der Waals surface area contributed by atoms with Crippen molar-refractivity contribution in [3.05, 3.63) is 42.5 Å². The number of fused-ring (bicyclic) bond motifs is 1. The van der Waals surface area contributed by atoms with Gasteiger partial charge in [0, 0.05) is 18.8 Å². The summed E-state index contributed by atoms with van der Waals surface area (Å²) < 4.78 is 7.44. The lowest BCUT2D eigenvalue weighted by atomic mass is 9.87. The number of nitrogens with zero attached hydrogens (tertiary/aromatic N) is 4. The molecule has 36 heavy (non-hydrogen) atoms. The fourth-order valence-electron chi connectivity index (χ4n) is 4.07. The maximum absolute atomic E-state index is 12.1. The molecular formula is C24H34N8O4. The maximum Gasteiger partial charge on any atom is 0.319 e. The van der Waals surface area contributed by atoms with E-state index in [0.717, 1.165) is 5.69 Å². The second kappa shape index (κ2) is 10.7. The molecule has 0 spiro atoms. The van der Waals surface area contributed by atoms with Crippen LogP contribution in [0.25, 0.3) is 11.2 Å². The smallest absolute Gasteiger partial charge is 0.319 e. The van der Waals surface area contributed by atoms with E-state index in [4.69, 9.17) is 10.5 Å². The third-order valence-corrected chi connectivity index (χ3v) is 6.17. The van der Waals surface area contributed by atoms with Crippen molar-refractivity contribution in [3.63, 3.8) is 0 Å². The van der Waals surface area contributed by atoms with Gasteiger partial charge in [-0.2, -0.15) is 0 Å². The van der Waals surface area contributed by atoms with Gasteiger partial charge in [0.05, 0.1) is 6.33 Å². The molecular weight excluding hydrogens is 464 g/mol. The molecule has 0 radical (unpaired) electrons. The molecule has 4 rings (SSSR count). The summed E-state index contributed by atoms with van der Waals surface area (Å²) in [5.41, 5.74) is 8.64. The monoisotopic (exact) mass is 498 g/mol. The lowest BCUT2D eigenvalue weighted by molar-refractivity contribution is -0.0341. The van der Waals surface area contributed by atoms with Gasteiger partial charge in [-0.3, -0.25) is 4.57 Å². The fraction of sp³-hybridized carbons (Fsp3) is 0.500. The predicted octanol–water partition coefficient (Wildman–Crippen LogP) is 1.13. The summed E-state index contributed by atoms with van der Waals surface area (Å²) in [6.45, 7) is 7.81. The summed E-state index contributed by atoms with van der Waals surface area (Å²) >= 11 is 0. The third-order valence-electron chi connectivity index (χ3n) is 6.17. The summed E-state index contributed by atoms with van der Waals surface area (Å²) in [7, 11) is 0. The summed E-state index contributed by atoms with van der Waals surface area (Å²) in [5, 5.41) is 29.8. The topological polar surface area (TPSA) is 172 Å². The third kappa shape index (κ3) is 5.73. The number of ether oxygens (including phenoxy) is 1. The molecule has 7 N–H and O–H groups in total. The van der Waals surface area contributed by atoms with Crippen LogP contribution in [0.5, 0.6) is 0 Å². The minimum Gasteiger partial charge on any atom is -0.387 e. The number of anilines is 2. The number of hydrogen-bond acceptors (Lipinski definition) is 9. The second-order valence-corrected chi connectivity index (χ2v) is 9.90. The number of aliphatic hydroxyl groups excluding tert-OH is 2. The number of urea groups is 1. The molecule has 1 fully saturated rings. The van der Waals surface area contributed by atoms with Gasteiger partial charge in [0.2, 0.25) is 0 Å². The van der Waals surface area contributed by atoms with Crippen LogP contribution < -0.4 is 21.7 Å². The van der Waals surface area contributed by atoms with E-state index in [1.165, 1.54) is 18.2 Å². The van der Waals surface area contributed by atoms with Crippen LogP contribution in [0.15, 0.2) is 36.9 Å². The van der Waals surface area contributed by atoms with E-state index in [9.17, 15) is 15.0 Å². The van der Waals surface area contributed by atoms with Crippen LogP contribution in [0, 0.1) is 0 Å². The molecule has 12 heteroatoms. The molecule has 3 heterocycles. The Morgan fingerprint density at radius 1 is 1.11 bits per heavy atom. The van der Waals surface area contributed by atoms with E-state index in [1.807, 2.05) is 24.3 Å². The lowest BCUT2D eigenvalue weighted by Crippen LogP contribution is -2.38. The van der Waals surface area contributed by atoms with Gasteiger partial charge in [-0.05, 0) is 36.1 Å². The summed E-state index contributed by atoms with van der Waals surface area (Å²) in [5.74, 6) is 0.228. The fourth-order valence-corrected chi connectivity index (χ4v) is 4.07. The van der Waals surface area contributed by atoms with Crippen molar-refractivity contribution in [2.75, 3.05) is 30.7 Å². The highest BCUT2D eigenvalue weighted by Crippen LogP contribution is 2.31. The minimum atomic E-state index is -1.16. The van der Waals surface area contributed by atoms with E-state index in [2.05, 4.69) is 51.7 Å². The number of carbonyl (C=O) groups excluding carboxylic acids is 1. The SMILES string of the molecule is CC(C)(C)c1ccc(NC(=O)NCCCNCC2OC(n3cnc4c(N)ncnc43)C(O)C2O)cc1. The van der Waals surface area contributed by atoms with Crippen molar-refractivity contribution in [3.8, 4) is 0 Å². The van der Waals surface area contributed by atoms with E-state index < -0.39 is 24.5 Å². The first kappa shape index (κ1) is 25.8. The highest BCUT2D eigenvalue weighted by atomic mass is 16.6. The molecule has 0 saturated carbocycles. The van der Waals surface area contributed by atoms with Gasteiger partial charge in [0.1, 0.15) is 30.2 Å². The maximum atomic E-state index is 12.1. The Hall–Kier alpha value is -3.32. The van der Waals surface area contributed by atoms with Gasteiger partial charge < -0.3 is 36.6 Å². The number of benzene rings is 1. The number of imidazole rings is 1. The second-order valence-electron chi connectivity index (χ2n) is 9.90. The van der Waals surface area contributed by atoms with Crippen LogP contribution in [0.2, 0.25) is 0 Å². The summed E-state index contributed by atoms with van der Waals surface area (Å²) in [6, 6.07) is 7.55. The van der Waals surface area contributed by atoms with E-state index >= 15 is 0 Å². The van der Waals surface area contributed by atoms with E-state index in [0.29, 0.717) is 37.2 Å². The zero-order valence-corrected chi connectivity index (χ0v) is 20.7. The van der Waals surface area contributed by atoms with Crippen molar-refractivity contribution in [2.24, 2.45) is 0 Å². The molecule has 12 nitrogen and oxygen atoms in total. The van der Waals surface area contributed by atoms with Crippen molar-refractivity contribution < 1.29 is 19.7 Å². The van der Waals surface area contributed by atoms with Crippen molar-refractivity contribution in [1.82, 2.24) is 30.2 Å². The van der Waals surface area contributed by atoms with Gasteiger partial charge >= 0.3 is 6.03 Å². The number of carbonyl (C=O) groups is 1. The van der Waals surface area contributed by atoms with Crippen LogP contribution in [0.1, 0.15) is 39.0 Å². The molecule has 0 aliphatic carbocycles. The molecule has 3 aromatic rings. The number of nitrogens with one attached hydrogen (secondary N) is 3. The Balaban J connectivity index is 1.17. The molecule has 1 aliphatic rings. The first-order valence-corrected chi connectivity index (χ1v) is 12.0. The minimum absolute atomic E-state index is 0.0592. The van der Waals surface area contributed by atoms with Gasteiger partial charge in [-0.15, -0.1) is 0 Å². The molecule has 2 amide bonds. The standard InChI is InChI=1S/C24H34N8O4/c1-24(2,3)14-5-7-15(8-6-14)31-23(35)27-10-4-9-26-11-16-18(33)19(34)22(36-16)32-13-30-17-20(25)28-12-29-21(17)32/h5-8,12-13,16,18-19,22,26,33-34H,4,9-11H2,1-3H3,(H2,25,28,29)(H2,27,31,35).